The Bertz CT molecular complexity index is 651. The summed E-state index contributed by atoms with van der Waals surface area (Å²) < 4.78 is 0. The number of halogens is 2. The Morgan fingerprint density at radius 2 is 1.74 bits per heavy atom. The lowest BCUT2D eigenvalue weighted by molar-refractivity contribution is -0.901. The molecule has 0 saturated carbocycles. The fourth-order valence-electron chi connectivity index (χ4n) is 2.45. The fourth-order valence-corrected chi connectivity index (χ4v) is 2.83. The highest BCUT2D eigenvalue weighted by Crippen LogP contribution is 2.24. The van der Waals surface area contributed by atoms with Crippen molar-refractivity contribution in [1.82, 2.24) is 9.80 Å². The highest BCUT2D eigenvalue weighted by molar-refractivity contribution is 6.44. The third kappa shape index (κ3) is 3.65. The maximum absolute atomic E-state index is 12.2. The van der Waals surface area contributed by atoms with E-state index in [4.69, 9.17) is 23.2 Å². The predicted octanol–water partition coefficient (Wildman–Crippen LogP) is 1.17. The minimum absolute atomic E-state index is 0.0897. The molecule has 1 aliphatic rings. The zero-order valence-electron chi connectivity index (χ0n) is 12.9. The van der Waals surface area contributed by atoms with Gasteiger partial charge in [0.05, 0.1) is 17.1 Å². The molecule has 1 aliphatic heterocycles. The molecule has 1 atom stereocenters. The molecular formula is C15H18Cl2N3O3+. The van der Waals surface area contributed by atoms with Crippen LogP contribution in [0.1, 0.15) is 18.9 Å². The molecule has 1 unspecified atom stereocenters. The summed E-state index contributed by atoms with van der Waals surface area (Å²) in [6.07, 6.45) is 0.611. The number of urea groups is 1. The molecule has 23 heavy (non-hydrogen) atoms. The molecular weight excluding hydrogens is 341 g/mol. The quantitative estimate of drug-likeness (QED) is 0.613. The van der Waals surface area contributed by atoms with E-state index in [1.165, 1.54) is 0 Å². The number of carbonyl (C=O) groups excluding carboxylic acids is 3. The molecule has 0 aliphatic carbocycles. The van der Waals surface area contributed by atoms with Crippen molar-refractivity contribution >= 4 is 41.0 Å². The zero-order valence-corrected chi connectivity index (χ0v) is 14.4. The molecule has 4 amide bonds. The lowest BCUT2D eigenvalue weighted by atomic mass is 10.2. The van der Waals surface area contributed by atoms with Gasteiger partial charge in [-0.05, 0) is 12.5 Å². The number of benzene rings is 1. The largest absolute Gasteiger partial charge is 0.338 e. The lowest BCUT2D eigenvalue weighted by Gasteiger charge is -2.20. The molecule has 1 N–H and O–H groups in total. The lowest BCUT2D eigenvalue weighted by Crippen LogP contribution is -3.09. The molecule has 124 valence electrons. The van der Waals surface area contributed by atoms with Gasteiger partial charge in [0.15, 0.2) is 6.67 Å². The summed E-state index contributed by atoms with van der Waals surface area (Å²) in [6, 6.07) is 4.76. The first kappa shape index (κ1) is 17.7. The number of nitrogens with one attached hydrogen (secondary N) is 1. The summed E-state index contributed by atoms with van der Waals surface area (Å²) in [5, 5.41) is 0.908. The average Bonchev–Trinajstić information content (AvgIpc) is 2.70. The van der Waals surface area contributed by atoms with Crippen LogP contribution in [0.3, 0.4) is 0 Å². The molecule has 0 radical (unpaired) electrons. The van der Waals surface area contributed by atoms with Gasteiger partial charge in [-0.2, -0.15) is 0 Å². The summed E-state index contributed by atoms with van der Waals surface area (Å²) in [5.41, 5.74) is 0.813. The van der Waals surface area contributed by atoms with Crippen molar-refractivity contribution in [2.45, 2.75) is 19.9 Å². The van der Waals surface area contributed by atoms with Gasteiger partial charge in [0.25, 0.3) is 0 Å². The van der Waals surface area contributed by atoms with Gasteiger partial charge in [-0.15, -0.1) is 0 Å². The van der Waals surface area contributed by atoms with Gasteiger partial charge in [-0.1, -0.05) is 42.3 Å². The number of hydrogen-bond acceptors (Lipinski definition) is 3. The van der Waals surface area contributed by atoms with E-state index in [1.54, 1.807) is 12.1 Å². The van der Waals surface area contributed by atoms with E-state index in [0.717, 1.165) is 20.3 Å². The van der Waals surface area contributed by atoms with Crippen LogP contribution in [-0.2, 0) is 16.1 Å². The maximum Gasteiger partial charge on any atom is 0.338 e. The van der Waals surface area contributed by atoms with E-state index in [2.05, 4.69) is 0 Å². The molecule has 6 nitrogen and oxygen atoms in total. The standard InChI is InChI=1S/C15H17Cl2N3O3/c1-3-7-19-13(21)14(22)20(15(19)23)9-18(2)8-10-5-4-6-11(16)12(10)17/h4-6H,3,7-9H2,1-2H3/p+1. The molecule has 0 aromatic heterocycles. The van der Waals surface area contributed by atoms with Crippen molar-refractivity contribution < 1.29 is 19.3 Å². The van der Waals surface area contributed by atoms with Gasteiger partial charge in [0, 0.05) is 12.1 Å². The zero-order chi connectivity index (χ0) is 17.1. The summed E-state index contributed by atoms with van der Waals surface area (Å²) in [7, 11) is 1.81. The van der Waals surface area contributed by atoms with Crippen molar-refractivity contribution in [2.75, 3.05) is 20.3 Å². The summed E-state index contributed by atoms with van der Waals surface area (Å²) in [4.78, 5) is 38.8. The molecule has 0 spiro atoms. The van der Waals surface area contributed by atoms with Gasteiger partial charge in [-0.3, -0.25) is 14.5 Å². The predicted molar refractivity (Wildman–Crippen MR) is 86.2 cm³/mol. The van der Waals surface area contributed by atoms with Crippen molar-refractivity contribution in [3.63, 3.8) is 0 Å². The molecule has 1 saturated heterocycles. The monoisotopic (exact) mass is 358 g/mol. The van der Waals surface area contributed by atoms with E-state index >= 15 is 0 Å². The first-order valence-corrected chi connectivity index (χ1v) is 8.03. The minimum Gasteiger partial charge on any atom is -0.316 e. The Hall–Kier alpha value is -1.63. The Morgan fingerprint density at radius 1 is 1.09 bits per heavy atom. The molecule has 8 heteroatoms. The van der Waals surface area contributed by atoms with Gasteiger partial charge in [-0.25, -0.2) is 9.69 Å². The number of rotatable bonds is 6. The van der Waals surface area contributed by atoms with Gasteiger partial charge in [0.2, 0.25) is 0 Å². The first-order valence-electron chi connectivity index (χ1n) is 7.28. The number of nitrogens with zero attached hydrogens (tertiary/aromatic N) is 2. The van der Waals surface area contributed by atoms with E-state index in [9.17, 15) is 14.4 Å². The number of carbonyl (C=O) groups is 3. The molecule has 2 rings (SSSR count). The van der Waals surface area contributed by atoms with Crippen LogP contribution in [0.5, 0.6) is 0 Å². The Labute approximate surface area is 144 Å². The highest BCUT2D eigenvalue weighted by atomic mass is 35.5. The smallest absolute Gasteiger partial charge is 0.316 e. The van der Waals surface area contributed by atoms with Crippen LogP contribution in [0.25, 0.3) is 0 Å². The second-order valence-corrected chi connectivity index (χ2v) is 6.26. The third-order valence-corrected chi connectivity index (χ3v) is 4.39. The van der Waals surface area contributed by atoms with Gasteiger partial charge >= 0.3 is 17.8 Å². The van der Waals surface area contributed by atoms with Gasteiger partial charge < -0.3 is 4.90 Å². The summed E-state index contributed by atoms with van der Waals surface area (Å²) in [6.45, 7) is 2.65. The van der Waals surface area contributed by atoms with Crippen molar-refractivity contribution in [2.24, 2.45) is 0 Å². The molecule has 1 fully saturated rings. The van der Waals surface area contributed by atoms with Crippen LogP contribution in [0, 0.1) is 0 Å². The SMILES string of the molecule is CCCN1C(=O)C(=O)N(C[NH+](C)Cc2cccc(Cl)c2Cl)C1=O. The van der Waals surface area contributed by atoms with Crippen LogP contribution in [0.15, 0.2) is 18.2 Å². The number of quaternary nitrogens is 1. The Balaban J connectivity index is 2.06. The van der Waals surface area contributed by atoms with Crippen molar-refractivity contribution in [3.05, 3.63) is 33.8 Å². The highest BCUT2D eigenvalue weighted by Gasteiger charge is 2.45. The second kappa shape index (κ2) is 7.29. The Kier molecular flexibility index (Phi) is 5.62. The Morgan fingerprint density at radius 3 is 2.39 bits per heavy atom. The second-order valence-electron chi connectivity index (χ2n) is 5.48. The van der Waals surface area contributed by atoms with E-state index < -0.39 is 17.8 Å². The van der Waals surface area contributed by atoms with Gasteiger partial charge in [0.1, 0.15) is 6.54 Å². The maximum atomic E-state index is 12.2. The molecule has 1 aromatic rings. The van der Waals surface area contributed by atoms with Crippen LogP contribution in [0.2, 0.25) is 10.0 Å². The van der Waals surface area contributed by atoms with Crippen molar-refractivity contribution in [1.29, 1.82) is 0 Å². The minimum atomic E-state index is -0.778. The van der Waals surface area contributed by atoms with Crippen molar-refractivity contribution in [3.8, 4) is 0 Å². The number of amides is 4. The average molecular weight is 359 g/mol. The van der Waals surface area contributed by atoms with E-state index in [1.807, 2.05) is 20.0 Å². The summed E-state index contributed by atoms with van der Waals surface area (Å²) in [5.74, 6) is -1.54. The normalized spacial score (nSPS) is 16.4. The van der Waals surface area contributed by atoms with E-state index in [0.29, 0.717) is 23.0 Å². The molecule has 1 heterocycles. The molecule has 0 bridgehead atoms. The number of imide groups is 2. The third-order valence-electron chi connectivity index (χ3n) is 3.53. The van der Waals surface area contributed by atoms with E-state index in [-0.39, 0.29) is 13.2 Å². The fraction of sp³-hybridized carbons (Fsp3) is 0.400. The summed E-state index contributed by atoms with van der Waals surface area (Å²) >= 11 is 12.1. The van der Waals surface area contributed by atoms with Crippen LogP contribution in [0.4, 0.5) is 4.79 Å². The molecule has 1 aromatic carbocycles. The van der Waals surface area contributed by atoms with Crippen LogP contribution < -0.4 is 4.90 Å². The van der Waals surface area contributed by atoms with Crippen LogP contribution in [-0.4, -0.2) is 47.9 Å². The first-order chi connectivity index (χ1) is 10.9. The number of hydrogen-bond donors (Lipinski definition) is 1. The van der Waals surface area contributed by atoms with Crippen LogP contribution >= 0.6 is 23.2 Å². The topological polar surface area (TPSA) is 62.1 Å².